The van der Waals surface area contributed by atoms with Crippen molar-refractivity contribution in [1.29, 1.82) is 5.26 Å². The van der Waals surface area contributed by atoms with Crippen LogP contribution in [0.25, 0.3) is 0 Å². The maximum absolute atomic E-state index is 13.0. The van der Waals surface area contributed by atoms with Crippen LogP contribution in [-0.4, -0.2) is 12.1 Å². The summed E-state index contributed by atoms with van der Waals surface area (Å²) in [4.78, 5) is 3.93. The number of anilines is 2. The van der Waals surface area contributed by atoms with Gasteiger partial charge in [-0.2, -0.15) is 5.26 Å². The van der Waals surface area contributed by atoms with Crippen LogP contribution < -0.4 is 10.1 Å². The van der Waals surface area contributed by atoms with Gasteiger partial charge in [0.1, 0.15) is 23.3 Å². The lowest BCUT2D eigenvalue weighted by Crippen LogP contribution is -1.96. The van der Waals surface area contributed by atoms with Crippen molar-refractivity contribution in [3.05, 3.63) is 48.0 Å². The first-order chi connectivity index (χ1) is 8.72. The molecule has 1 N–H and O–H groups in total. The van der Waals surface area contributed by atoms with Crippen LogP contribution >= 0.6 is 0 Å². The highest BCUT2D eigenvalue weighted by Crippen LogP contribution is 2.27. The number of nitriles is 1. The molecule has 0 radical (unpaired) electrons. The summed E-state index contributed by atoms with van der Waals surface area (Å²) in [5.74, 6) is 0.0368. The molecule has 2 aromatic rings. The van der Waals surface area contributed by atoms with Gasteiger partial charge in [0.25, 0.3) is 0 Å². The predicted molar refractivity (Wildman–Crippen MR) is 65.2 cm³/mol. The predicted octanol–water partition coefficient (Wildman–Crippen LogP) is 2.84. The minimum Gasteiger partial charge on any atom is -0.494 e. The number of halogens is 1. The minimum atomic E-state index is -0.365. The van der Waals surface area contributed by atoms with E-state index in [2.05, 4.69) is 10.3 Å². The summed E-state index contributed by atoms with van der Waals surface area (Å²) in [7, 11) is 1.47. The van der Waals surface area contributed by atoms with Crippen LogP contribution in [0.5, 0.6) is 5.75 Å². The van der Waals surface area contributed by atoms with Gasteiger partial charge in [0.15, 0.2) is 0 Å². The van der Waals surface area contributed by atoms with Gasteiger partial charge in [0, 0.05) is 6.07 Å². The fourth-order valence-corrected chi connectivity index (χ4v) is 1.46. The average molecular weight is 243 g/mol. The second-order valence-electron chi connectivity index (χ2n) is 3.51. The fraction of sp³-hybridized carbons (Fsp3) is 0.0769. The second kappa shape index (κ2) is 5.15. The summed E-state index contributed by atoms with van der Waals surface area (Å²) in [6.07, 6.45) is 1.53. The molecule has 0 amide bonds. The Hall–Kier alpha value is -2.61. The monoisotopic (exact) mass is 243 g/mol. The highest BCUT2D eigenvalue weighted by molar-refractivity contribution is 5.65. The average Bonchev–Trinajstić information content (AvgIpc) is 2.41. The van der Waals surface area contributed by atoms with E-state index in [0.29, 0.717) is 22.8 Å². The van der Waals surface area contributed by atoms with E-state index in [0.717, 1.165) is 0 Å². The van der Waals surface area contributed by atoms with E-state index < -0.39 is 0 Å². The number of benzene rings is 1. The van der Waals surface area contributed by atoms with Gasteiger partial charge in [-0.25, -0.2) is 9.37 Å². The van der Waals surface area contributed by atoms with Crippen molar-refractivity contribution in [2.45, 2.75) is 0 Å². The van der Waals surface area contributed by atoms with E-state index in [4.69, 9.17) is 10.00 Å². The number of nitrogens with one attached hydrogen (secondary N) is 1. The van der Waals surface area contributed by atoms with Gasteiger partial charge in [0.2, 0.25) is 0 Å². The minimum absolute atomic E-state index is 0.339. The van der Waals surface area contributed by atoms with Gasteiger partial charge < -0.3 is 10.1 Å². The van der Waals surface area contributed by atoms with Crippen LogP contribution in [0, 0.1) is 17.1 Å². The molecule has 1 heterocycles. The zero-order chi connectivity index (χ0) is 13.0. The molecule has 0 atom stereocenters. The standard InChI is InChI=1S/C13H10FN3O/c1-18-13-6-9(14)2-5-12(13)17-11-4-3-10(7-15)16-8-11/h2-6,8,17H,1H3. The number of aromatic nitrogens is 1. The number of nitrogens with zero attached hydrogens (tertiary/aromatic N) is 2. The van der Waals surface area contributed by atoms with Gasteiger partial charge >= 0.3 is 0 Å². The molecule has 4 nitrogen and oxygen atoms in total. The summed E-state index contributed by atoms with van der Waals surface area (Å²) in [6, 6.07) is 9.45. The number of hydrogen-bond acceptors (Lipinski definition) is 4. The molecule has 1 aromatic heterocycles. The van der Waals surface area contributed by atoms with E-state index in [-0.39, 0.29) is 5.82 Å². The van der Waals surface area contributed by atoms with Crippen molar-refractivity contribution >= 4 is 11.4 Å². The maximum atomic E-state index is 13.0. The number of pyridine rings is 1. The van der Waals surface area contributed by atoms with Gasteiger partial charge in [-0.3, -0.25) is 0 Å². The van der Waals surface area contributed by atoms with Crippen molar-refractivity contribution in [2.75, 3.05) is 12.4 Å². The molecule has 0 aliphatic carbocycles. The smallest absolute Gasteiger partial charge is 0.145 e. The summed E-state index contributed by atoms with van der Waals surface area (Å²) in [5, 5.41) is 11.7. The Bertz CT molecular complexity index is 590. The molecule has 1 aromatic carbocycles. The summed E-state index contributed by atoms with van der Waals surface area (Å²) in [6.45, 7) is 0. The molecule has 0 saturated carbocycles. The van der Waals surface area contributed by atoms with Crippen LogP contribution in [0.4, 0.5) is 15.8 Å². The molecular formula is C13H10FN3O. The Balaban J connectivity index is 2.25. The Labute approximate surface area is 104 Å². The van der Waals surface area contributed by atoms with Crippen LogP contribution in [0.3, 0.4) is 0 Å². The Morgan fingerprint density at radius 1 is 1.33 bits per heavy atom. The van der Waals surface area contributed by atoms with Crippen molar-refractivity contribution in [3.63, 3.8) is 0 Å². The first-order valence-corrected chi connectivity index (χ1v) is 5.19. The molecule has 0 unspecified atom stereocenters. The molecule has 0 fully saturated rings. The second-order valence-corrected chi connectivity index (χ2v) is 3.51. The van der Waals surface area contributed by atoms with E-state index in [1.54, 1.807) is 18.2 Å². The summed E-state index contributed by atoms with van der Waals surface area (Å²) < 4.78 is 18.1. The Morgan fingerprint density at radius 3 is 2.78 bits per heavy atom. The largest absolute Gasteiger partial charge is 0.494 e. The van der Waals surface area contributed by atoms with Gasteiger partial charge in [0.05, 0.1) is 24.7 Å². The normalized spacial score (nSPS) is 9.61. The van der Waals surface area contributed by atoms with Gasteiger partial charge in [-0.15, -0.1) is 0 Å². The van der Waals surface area contributed by atoms with Gasteiger partial charge in [-0.05, 0) is 24.3 Å². The third-order valence-electron chi connectivity index (χ3n) is 2.32. The lowest BCUT2D eigenvalue weighted by atomic mass is 10.2. The van der Waals surface area contributed by atoms with E-state index in [1.807, 2.05) is 6.07 Å². The quantitative estimate of drug-likeness (QED) is 0.900. The summed E-state index contributed by atoms with van der Waals surface area (Å²) >= 11 is 0. The molecule has 0 spiro atoms. The molecule has 0 aliphatic rings. The Kier molecular flexibility index (Phi) is 3.39. The lowest BCUT2D eigenvalue weighted by molar-refractivity contribution is 0.413. The zero-order valence-corrected chi connectivity index (χ0v) is 9.64. The van der Waals surface area contributed by atoms with Crippen molar-refractivity contribution in [3.8, 4) is 11.8 Å². The number of ether oxygens (including phenoxy) is 1. The molecule has 0 saturated heterocycles. The highest BCUT2D eigenvalue weighted by Gasteiger charge is 2.05. The van der Waals surface area contributed by atoms with Crippen molar-refractivity contribution in [1.82, 2.24) is 4.98 Å². The third-order valence-corrected chi connectivity index (χ3v) is 2.32. The first kappa shape index (κ1) is 11.9. The molecule has 5 heteroatoms. The first-order valence-electron chi connectivity index (χ1n) is 5.19. The molecule has 90 valence electrons. The molecule has 0 bridgehead atoms. The highest BCUT2D eigenvalue weighted by atomic mass is 19.1. The number of methoxy groups -OCH3 is 1. The van der Waals surface area contributed by atoms with E-state index >= 15 is 0 Å². The molecular weight excluding hydrogens is 233 g/mol. The van der Waals surface area contributed by atoms with Crippen molar-refractivity contribution < 1.29 is 9.13 Å². The number of rotatable bonds is 3. The van der Waals surface area contributed by atoms with E-state index in [1.165, 1.54) is 25.4 Å². The molecule has 2 rings (SSSR count). The molecule has 0 aliphatic heterocycles. The number of hydrogen-bond donors (Lipinski definition) is 1. The third kappa shape index (κ3) is 2.55. The fourth-order valence-electron chi connectivity index (χ4n) is 1.46. The maximum Gasteiger partial charge on any atom is 0.145 e. The molecule has 18 heavy (non-hydrogen) atoms. The van der Waals surface area contributed by atoms with Crippen LogP contribution in [0.2, 0.25) is 0 Å². The van der Waals surface area contributed by atoms with Crippen LogP contribution in [0.1, 0.15) is 5.69 Å². The van der Waals surface area contributed by atoms with Crippen molar-refractivity contribution in [2.24, 2.45) is 0 Å². The topological polar surface area (TPSA) is 57.9 Å². The van der Waals surface area contributed by atoms with Gasteiger partial charge in [-0.1, -0.05) is 0 Å². The SMILES string of the molecule is COc1cc(F)ccc1Nc1ccc(C#N)nc1. The van der Waals surface area contributed by atoms with E-state index in [9.17, 15) is 4.39 Å². The van der Waals surface area contributed by atoms with Crippen LogP contribution in [0.15, 0.2) is 36.5 Å². The Morgan fingerprint density at radius 2 is 2.17 bits per heavy atom. The zero-order valence-electron chi connectivity index (χ0n) is 9.64. The van der Waals surface area contributed by atoms with Crippen LogP contribution in [-0.2, 0) is 0 Å². The summed E-state index contributed by atoms with van der Waals surface area (Å²) in [5.41, 5.74) is 1.66. The lowest BCUT2D eigenvalue weighted by Gasteiger charge is -2.10.